The van der Waals surface area contributed by atoms with Crippen molar-refractivity contribution in [1.82, 2.24) is 0 Å². The molecule has 2 fully saturated rings. The van der Waals surface area contributed by atoms with Crippen molar-refractivity contribution >= 4 is 0 Å². The van der Waals surface area contributed by atoms with Crippen LogP contribution in [-0.4, -0.2) is 35.8 Å². The zero-order valence-corrected chi connectivity index (χ0v) is 21.1. The summed E-state index contributed by atoms with van der Waals surface area (Å²) in [6.07, 6.45) is 0.210. The van der Waals surface area contributed by atoms with Gasteiger partial charge in [-0.1, -0.05) is 71.1 Å². The molecule has 1 unspecified atom stereocenters. The first-order valence-corrected chi connectivity index (χ1v) is 13.2. The first-order chi connectivity index (χ1) is 17.3. The monoisotopic (exact) mass is 582 g/mol. The zero-order valence-electron chi connectivity index (χ0n) is 21.1. The van der Waals surface area contributed by atoms with Crippen LogP contribution in [0.5, 0.6) is 0 Å². The van der Waals surface area contributed by atoms with E-state index in [2.05, 4.69) is 0 Å². The molecular weight excluding hydrogens is 547 g/mol. The zero-order chi connectivity index (χ0) is 29.2. The molecule has 0 aromatic rings. The summed E-state index contributed by atoms with van der Waals surface area (Å²) in [7, 11) is 0. The molecule has 0 aromatic heterocycles. The molecule has 2 rings (SSSR count). The highest BCUT2D eigenvalue weighted by Gasteiger charge is 2.91. The topological polar surface area (TPSA) is 0 Å². The molecule has 0 bridgehead atoms. The minimum absolute atomic E-state index is 0.0856. The standard InChI is InChI=1S/C25H35F13/c1-2-7-19(11-6-8-16-12-14-18(15-13-16)17-9-4-3-5-10-17)20(26,27)21(28,29)22(30,31)23(32,33)24(34,35)25(36,37)38/h16-19H,2-15H2,1H3. The smallest absolute Gasteiger partial charge is 0.199 e. The van der Waals surface area contributed by atoms with Crippen molar-refractivity contribution in [3.05, 3.63) is 0 Å². The summed E-state index contributed by atoms with van der Waals surface area (Å²) < 4.78 is 176. The van der Waals surface area contributed by atoms with E-state index >= 15 is 0 Å². The lowest BCUT2D eigenvalue weighted by molar-refractivity contribution is -0.443. The Bertz CT molecular complexity index is 730. The second kappa shape index (κ2) is 11.9. The maximum Gasteiger partial charge on any atom is 0.460 e. The maximum absolute atomic E-state index is 14.7. The Labute approximate surface area is 214 Å². The van der Waals surface area contributed by atoms with E-state index in [0.29, 0.717) is 18.3 Å². The van der Waals surface area contributed by atoms with E-state index in [-0.39, 0.29) is 18.8 Å². The average molecular weight is 583 g/mol. The minimum atomic E-state index is -7.83. The Hall–Kier alpha value is -0.910. The van der Waals surface area contributed by atoms with Crippen molar-refractivity contribution < 1.29 is 57.1 Å². The van der Waals surface area contributed by atoms with Crippen LogP contribution < -0.4 is 0 Å². The van der Waals surface area contributed by atoms with E-state index in [9.17, 15) is 57.1 Å². The van der Waals surface area contributed by atoms with Gasteiger partial charge in [-0.25, -0.2) is 0 Å². The van der Waals surface area contributed by atoms with Crippen molar-refractivity contribution in [1.29, 1.82) is 0 Å². The van der Waals surface area contributed by atoms with E-state index in [1.54, 1.807) is 0 Å². The van der Waals surface area contributed by atoms with E-state index in [0.717, 1.165) is 38.5 Å². The Morgan fingerprint density at radius 3 is 1.50 bits per heavy atom. The number of alkyl halides is 13. The highest BCUT2D eigenvalue weighted by molar-refractivity contribution is 5.11. The molecule has 0 heterocycles. The average Bonchev–Trinajstić information content (AvgIpc) is 2.83. The third kappa shape index (κ3) is 6.20. The molecule has 0 aromatic carbocycles. The summed E-state index contributed by atoms with van der Waals surface area (Å²) in [4.78, 5) is 0. The number of halogens is 13. The van der Waals surface area contributed by atoms with Crippen molar-refractivity contribution in [2.24, 2.45) is 23.7 Å². The molecular formula is C25H35F13. The van der Waals surface area contributed by atoms with Crippen molar-refractivity contribution in [3.63, 3.8) is 0 Å². The second-order valence-corrected chi connectivity index (χ2v) is 11.0. The summed E-state index contributed by atoms with van der Waals surface area (Å²) >= 11 is 0. The minimum Gasteiger partial charge on any atom is -0.199 e. The molecule has 0 spiro atoms. The quantitative estimate of drug-likeness (QED) is 0.201. The summed E-state index contributed by atoms with van der Waals surface area (Å²) in [5.74, 6) is -37.7. The summed E-state index contributed by atoms with van der Waals surface area (Å²) in [5, 5.41) is 0. The molecule has 2 saturated carbocycles. The van der Waals surface area contributed by atoms with Gasteiger partial charge < -0.3 is 0 Å². The second-order valence-electron chi connectivity index (χ2n) is 11.0. The van der Waals surface area contributed by atoms with Crippen LogP contribution in [0.15, 0.2) is 0 Å². The van der Waals surface area contributed by atoms with Gasteiger partial charge in [-0.15, -0.1) is 0 Å². The van der Waals surface area contributed by atoms with Crippen LogP contribution in [0.1, 0.15) is 96.8 Å². The Balaban J connectivity index is 2.08. The highest BCUT2D eigenvalue weighted by atomic mass is 19.4. The molecule has 2 aliphatic carbocycles. The summed E-state index contributed by atoms with van der Waals surface area (Å²) in [6, 6.07) is 0. The predicted octanol–water partition coefficient (Wildman–Crippen LogP) is 10.7. The first kappa shape index (κ1) is 33.3. The molecule has 13 heteroatoms. The van der Waals surface area contributed by atoms with Crippen LogP contribution in [0.25, 0.3) is 0 Å². The van der Waals surface area contributed by atoms with Gasteiger partial charge in [-0.3, -0.25) is 0 Å². The van der Waals surface area contributed by atoms with Crippen LogP contribution in [0, 0.1) is 23.7 Å². The highest BCUT2D eigenvalue weighted by Crippen LogP contribution is 2.62. The van der Waals surface area contributed by atoms with E-state index in [1.165, 1.54) is 26.2 Å². The van der Waals surface area contributed by atoms with Crippen molar-refractivity contribution in [2.45, 2.75) is 133 Å². The van der Waals surface area contributed by atoms with Crippen LogP contribution in [0.4, 0.5) is 57.1 Å². The lowest BCUT2D eigenvalue weighted by Crippen LogP contribution is -2.71. The van der Waals surface area contributed by atoms with Gasteiger partial charge in [-0.2, -0.15) is 57.1 Å². The van der Waals surface area contributed by atoms with Gasteiger partial charge in [0.15, 0.2) is 0 Å². The largest absolute Gasteiger partial charge is 0.460 e. The molecule has 38 heavy (non-hydrogen) atoms. The van der Waals surface area contributed by atoms with Crippen molar-refractivity contribution in [3.8, 4) is 0 Å². The molecule has 226 valence electrons. The maximum atomic E-state index is 14.7. The summed E-state index contributed by atoms with van der Waals surface area (Å²) in [6.45, 7) is 1.23. The number of rotatable bonds is 12. The third-order valence-electron chi connectivity index (χ3n) is 8.48. The molecule has 0 N–H and O–H groups in total. The SMILES string of the molecule is CCCC(CCCC1CCC(C2CCCCC2)CC1)C(F)(F)C(F)(F)C(F)(F)C(F)(F)C(F)(F)C(F)(F)F. The van der Waals surface area contributed by atoms with E-state index in [4.69, 9.17) is 0 Å². The molecule has 0 saturated heterocycles. The Morgan fingerprint density at radius 2 is 1.03 bits per heavy atom. The van der Waals surface area contributed by atoms with Crippen LogP contribution in [0.2, 0.25) is 0 Å². The van der Waals surface area contributed by atoms with E-state index in [1.807, 2.05) is 0 Å². The fourth-order valence-electron chi connectivity index (χ4n) is 6.10. The lowest BCUT2D eigenvalue weighted by Gasteiger charge is -2.42. The van der Waals surface area contributed by atoms with Gasteiger partial charge in [0.1, 0.15) is 0 Å². The Kier molecular flexibility index (Phi) is 10.4. The normalized spacial score (nSPS) is 24.5. The van der Waals surface area contributed by atoms with Gasteiger partial charge in [0.2, 0.25) is 0 Å². The molecule has 2 aliphatic rings. The fraction of sp³-hybridized carbons (Fsp3) is 1.00. The molecule has 0 aliphatic heterocycles. The third-order valence-corrected chi connectivity index (χ3v) is 8.48. The predicted molar refractivity (Wildman–Crippen MR) is 115 cm³/mol. The van der Waals surface area contributed by atoms with Crippen LogP contribution in [-0.2, 0) is 0 Å². The van der Waals surface area contributed by atoms with E-state index < -0.39 is 54.5 Å². The molecule has 1 atom stereocenters. The van der Waals surface area contributed by atoms with Crippen LogP contribution >= 0.6 is 0 Å². The lowest BCUT2D eigenvalue weighted by atomic mass is 9.70. The molecule has 0 nitrogen and oxygen atoms in total. The summed E-state index contributed by atoms with van der Waals surface area (Å²) in [5.41, 5.74) is 0. The van der Waals surface area contributed by atoms with Crippen LogP contribution in [0.3, 0.4) is 0 Å². The fourth-order valence-corrected chi connectivity index (χ4v) is 6.10. The number of hydrogen-bond acceptors (Lipinski definition) is 0. The molecule has 0 radical (unpaired) electrons. The van der Waals surface area contributed by atoms with Gasteiger partial charge in [0.05, 0.1) is 0 Å². The van der Waals surface area contributed by atoms with Crippen molar-refractivity contribution in [2.75, 3.05) is 0 Å². The number of hydrogen-bond donors (Lipinski definition) is 0. The molecule has 0 amide bonds. The Morgan fingerprint density at radius 1 is 0.553 bits per heavy atom. The van der Waals surface area contributed by atoms with Gasteiger partial charge in [0, 0.05) is 5.92 Å². The van der Waals surface area contributed by atoms with Gasteiger partial charge in [-0.05, 0) is 43.4 Å². The van der Waals surface area contributed by atoms with Gasteiger partial charge in [0.25, 0.3) is 0 Å². The first-order valence-electron chi connectivity index (χ1n) is 13.2. The van der Waals surface area contributed by atoms with Gasteiger partial charge >= 0.3 is 35.8 Å².